The monoisotopic (exact) mass is 923 g/mol. The molecule has 2 aliphatic rings. The zero-order valence-electron chi connectivity index (χ0n) is 37.3. The first-order chi connectivity index (χ1) is 31.2. The van der Waals surface area contributed by atoms with Crippen LogP contribution in [0.4, 0.5) is 4.79 Å². The number of benzene rings is 4. The fourth-order valence-corrected chi connectivity index (χ4v) is 9.66. The molecule has 1 saturated heterocycles. The second-order valence-electron chi connectivity index (χ2n) is 17.6. The van der Waals surface area contributed by atoms with E-state index in [9.17, 15) is 24.6 Å². The van der Waals surface area contributed by atoms with Crippen molar-refractivity contribution in [3.05, 3.63) is 142 Å². The highest BCUT2D eigenvalue weighted by molar-refractivity contribution is 7.95. The molecule has 18 heteroatoms. The average molecular weight is 924 g/mol. The lowest BCUT2D eigenvalue weighted by Gasteiger charge is -2.45. The first-order valence-corrected chi connectivity index (χ1v) is 23.1. The summed E-state index contributed by atoms with van der Waals surface area (Å²) in [5.74, 6) is -3.47. The minimum absolute atomic E-state index is 0.0177. The molecular weight excluding hydrogens is 867 g/mol. The zero-order valence-corrected chi connectivity index (χ0v) is 38.1. The van der Waals surface area contributed by atoms with Gasteiger partial charge in [-0.05, 0) is 113 Å². The van der Waals surface area contributed by atoms with Crippen molar-refractivity contribution in [3.63, 3.8) is 0 Å². The highest BCUT2D eigenvalue weighted by atomic mass is 32.2. The number of hydrogen-bond donors (Lipinski definition) is 7. The van der Waals surface area contributed by atoms with E-state index in [1.165, 1.54) is 53.5 Å². The highest BCUT2D eigenvalue weighted by Gasteiger charge is 2.57. The molecule has 1 fully saturated rings. The molecule has 4 aromatic rings. The number of aryl methyl sites for hydroxylation is 1. The number of nitrogens with zero attached hydrogens (tertiary/aromatic N) is 2. The molecule has 2 aliphatic heterocycles. The Bertz CT molecular complexity index is 2560. The second kappa shape index (κ2) is 20.3. The molecule has 0 aromatic heterocycles. The van der Waals surface area contributed by atoms with Gasteiger partial charge in [-0.1, -0.05) is 72.3 Å². The number of carbonyl (C=O) groups is 5. The van der Waals surface area contributed by atoms with E-state index in [4.69, 9.17) is 16.2 Å². The van der Waals surface area contributed by atoms with Crippen LogP contribution in [0.1, 0.15) is 85.1 Å². The fourth-order valence-electron chi connectivity index (χ4n) is 7.93. The number of aromatic hydroxyl groups is 1. The van der Waals surface area contributed by atoms with E-state index in [-0.39, 0.29) is 61.5 Å². The van der Waals surface area contributed by atoms with Crippen molar-refractivity contribution in [1.29, 1.82) is 0 Å². The average Bonchev–Trinajstić information content (AvgIpc) is 3.63. The Morgan fingerprint density at radius 1 is 0.894 bits per heavy atom. The Hall–Kier alpha value is -6.60. The molecule has 0 radical (unpaired) electrons. The molecule has 0 bridgehead atoms. The molecule has 3 unspecified atom stereocenters. The number of rotatable bonds is 17. The maximum absolute atomic E-state index is 15.2. The lowest BCUT2D eigenvalue weighted by atomic mass is 9.85. The van der Waals surface area contributed by atoms with Gasteiger partial charge in [-0.3, -0.25) is 19.2 Å². The van der Waals surface area contributed by atoms with Crippen LogP contribution in [0.2, 0.25) is 0 Å². The first kappa shape index (κ1) is 48.8. The number of phenolic OH excluding ortho intramolecular Hbond substituents is 1. The number of amides is 5. The predicted molar refractivity (Wildman–Crippen MR) is 244 cm³/mol. The van der Waals surface area contributed by atoms with Crippen LogP contribution in [-0.4, -0.2) is 94.7 Å². The number of nitrogens with one attached hydrogen (secondary N) is 3. The molecule has 66 heavy (non-hydrogen) atoms. The molecule has 6 rings (SSSR count). The van der Waals surface area contributed by atoms with Gasteiger partial charge in [0, 0.05) is 25.2 Å². The van der Waals surface area contributed by atoms with Gasteiger partial charge in [0.25, 0.3) is 17.7 Å². The summed E-state index contributed by atoms with van der Waals surface area (Å²) < 4.78 is 35.6. The number of unbranched alkanes of at least 4 members (excludes halogenated alkanes) is 1. The third-order valence-corrected chi connectivity index (χ3v) is 13.2. The van der Waals surface area contributed by atoms with Gasteiger partial charge in [0.15, 0.2) is 6.10 Å². The van der Waals surface area contributed by atoms with E-state index in [1.807, 2.05) is 18.2 Å². The summed E-state index contributed by atoms with van der Waals surface area (Å²) in [6.45, 7) is 7.04. The van der Waals surface area contributed by atoms with Gasteiger partial charge in [-0.2, -0.15) is 0 Å². The Labute approximate surface area is 384 Å². The molecule has 9 N–H and O–H groups in total. The molecule has 0 saturated carbocycles. The minimum Gasteiger partial charge on any atom is -0.508 e. The van der Waals surface area contributed by atoms with Crippen molar-refractivity contribution in [2.24, 2.45) is 11.5 Å². The molecule has 0 spiro atoms. The molecule has 4 atom stereocenters. The summed E-state index contributed by atoms with van der Waals surface area (Å²) in [5, 5.41) is 32.5. The molecular formula is C48H57N7O10S. The summed E-state index contributed by atoms with van der Waals surface area (Å²) in [5.41, 5.74) is 12.1. The van der Waals surface area contributed by atoms with Gasteiger partial charge in [0.1, 0.15) is 27.5 Å². The third kappa shape index (κ3) is 11.4. The number of aliphatic hydroxyl groups is 1. The maximum Gasteiger partial charge on any atom is 0.407 e. The van der Waals surface area contributed by atoms with Gasteiger partial charge >= 0.3 is 6.09 Å². The number of primary amides is 1. The maximum atomic E-state index is 15.2. The number of hydrazine groups is 1. The highest BCUT2D eigenvalue weighted by Crippen LogP contribution is 2.48. The number of alkyl carbamates (subject to hydrolysis) is 1. The quantitative estimate of drug-likeness (QED) is 0.0747. The van der Waals surface area contributed by atoms with E-state index in [1.54, 1.807) is 64.1 Å². The van der Waals surface area contributed by atoms with Crippen molar-refractivity contribution in [3.8, 4) is 5.75 Å². The number of phenols is 1. The third-order valence-electron chi connectivity index (χ3n) is 11.3. The number of fused-ring (bicyclic) bond motifs is 1. The SMILES string of the molecule is Cc1ccc(S(=O)(=O)C2=C(C(=O)N[C@@H](CCCCNC(=O)OC(C)(C)C)C(O)C(=O)NCc3ccc(C(N)=O)cc3)N3C(=O)C(N)(Cc4ccccc4)CCN3C2c2ccc(O)cc2)cc1. The van der Waals surface area contributed by atoms with Crippen LogP contribution >= 0.6 is 0 Å². The Morgan fingerprint density at radius 3 is 2.17 bits per heavy atom. The van der Waals surface area contributed by atoms with Gasteiger partial charge in [0.2, 0.25) is 15.7 Å². The van der Waals surface area contributed by atoms with Crippen LogP contribution < -0.4 is 27.4 Å². The summed E-state index contributed by atoms with van der Waals surface area (Å²) in [6.07, 6.45) is -1.93. The number of carbonyl (C=O) groups excluding carboxylic acids is 5. The normalized spacial score (nSPS) is 18.5. The molecule has 2 heterocycles. The molecule has 17 nitrogen and oxygen atoms in total. The summed E-state index contributed by atoms with van der Waals surface area (Å²) in [7, 11) is -4.64. The second-order valence-corrected chi connectivity index (χ2v) is 19.5. The molecule has 0 aliphatic carbocycles. The van der Waals surface area contributed by atoms with Crippen LogP contribution in [-0.2, 0) is 41.9 Å². The Balaban J connectivity index is 1.41. The van der Waals surface area contributed by atoms with Crippen LogP contribution in [0.3, 0.4) is 0 Å². The zero-order chi connectivity index (χ0) is 48.0. The number of sulfone groups is 1. The van der Waals surface area contributed by atoms with Crippen molar-refractivity contribution < 1.29 is 47.3 Å². The molecule has 350 valence electrons. The van der Waals surface area contributed by atoms with Gasteiger partial charge < -0.3 is 42.4 Å². The van der Waals surface area contributed by atoms with E-state index < -0.39 is 79.5 Å². The topological polar surface area (TPSA) is 264 Å². The van der Waals surface area contributed by atoms with Gasteiger partial charge in [-0.15, -0.1) is 0 Å². The fraction of sp³-hybridized carbons (Fsp3) is 0.354. The summed E-state index contributed by atoms with van der Waals surface area (Å²) >= 11 is 0. The number of ether oxygens (including phenoxy) is 1. The van der Waals surface area contributed by atoms with E-state index in [2.05, 4.69) is 16.0 Å². The lowest BCUT2D eigenvalue weighted by Crippen LogP contribution is -2.65. The first-order valence-electron chi connectivity index (χ1n) is 21.6. The number of hydrogen-bond acceptors (Lipinski definition) is 12. The molecule has 5 amide bonds. The van der Waals surface area contributed by atoms with Gasteiger partial charge in [-0.25, -0.2) is 23.2 Å². The lowest BCUT2D eigenvalue weighted by molar-refractivity contribution is -0.160. The smallest absolute Gasteiger partial charge is 0.407 e. The van der Waals surface area contributed by atoms with Crippen molar-refractivity contribution >= 4 is 39.6 Å². The van der Waals surface area contributed by atoms with Crippen LogP contribution in [0, 0.1) is 6.92 Å². The number of aliphatic hydroxyl groups excluding tert-OH is 1. The van der Waals surface area contributed by atoms with Crippen molar-refractivity contribution in [1.82, 2.24) is 26.0 Å². The standard InChI is InChI=1S/C48H57N7O10S/c1-30-13-23-36(24-14-30)66(63,64)41-38(33-19-21-35(56)22-20-33)54-27-25-48(50,28-31-10-6-5-7-11-31)45(61)55(54)39(41)43(59)53-37(12-8-9-26-51-46(62)65-47(2,3)4)40(57)44(60)52-29-32-15-17-34(18-16-32)42(49)58/h5-7,10-11,13-24,37-38,40,56-57H,8-9,12,25-29,50H2,1-4H3,(H2,49,58)(H,51,62)(H,52,60)(H,53,59)/t37-,38?,40?,48?/m0/s1. The van der Waals surface area contributed by atoms with Crippen molar-refractivity contribution in [2.75, 3.05) is 13.1 Å². The van der Waals surface area contributed by atoms with E-state index >= 15 is 18.0 Å². The van der Waals surface area contributed by atoms with Crippen molar-refractivity contribution in [2.45, 2.75) is 101 Å². The van der Waals surface area contributed by atoms with Gasteiger partial charge in [0.05, 0.1) is 17.0 Å². The largest absolute Gasteiger partial charge is 0.508 e. The van der Waals surface area contributed by atoms with Crippen LogP contribution in [0.15, 0.2) is 119 Å². The predicted octanol–water partition coefficient (Wildman–Crippen LogP) is 3.79. The summed E-state index contributed by atoms with van der Waals surface area (Å²) in [4.78, 5) is 67.3. The Kier molecular flexibility index (Phi) is 15.0. The van der Waals surface area contributed by atoms with Crippen LogP contribution in [0.5, 0.6) is 5.75 Å². The Morgan fingerprint density at radius 2 is 1.55 bits per heavy atom. The van der Waals surface area contributed by atoms with Crippen LogP contribution in [0.25, 0.3) is 0 Å². The number of nitrogens with two attached hydrogens (primary N) is 2. The minimum atomic E-state index is -4.64. The van der Waals surface area contributed by atoms with E-state index in [0.29, 0.717) is 17.5 Å². The summed E-state index contributed by atoms with van der Waals surface area (Å²) in [6, 6.07) is 24.3. The van der Waals surface area contributed by atoms with E-state index in [0.717, 1.165) is 16.1 Å². The molecule has 4 aromatic carbocycles.